The van der Waals surface area contributed by atoms with Crippen LogP contribution in [-0.2, 0) is 14.3 Å². The first-order valence-electron chi connectivity index (χ1n) is 5.82. The zero-order chi connectivity index (χ0) is 13.8. The van der Waals surface area contributed by atoms with Crippen LogP contribution in [0.4, 0.5) is 5.13 Å². The van der Waals surface area contributed by atoms with Crippen molar-refractivity contribution in [3.63, 3.8) is 0 Å². The first kappa shape index (κ1) is 13.5. The van der Waals surface area contributed by atoms with E-state index in [1.807, 2.05) is 0 Å². The van der Waals surface area contributed by atoms with Crippen molar-refractivity contribution < 1.29 is 19.1 Å². The summed E-state index contributed by atoms with van der Waals surface area (Å²) in [5, 5.41) is 5.16. The maximum atomic E-state index is 11.8. The maximum absolute atomic E-state index is 11.8. The Hall–Kier alpha value is -1.89. The van der Waals surface area contributed by atoms with Crippen LogP contribution in [0.3, 0.4) is 0 Å². The lowest BCUT2D eigenvalue weighted by Crippen LogP contribution is -2.22. The summed E-state index contributed by atoms with van der Waals surface area (Å²) in [5.41, 5.74) is 0.184. The van der Waals surface area contributed by atoms with Gasteiger partial charge >= 0.3 is 11.9 Å². The van der Waals surface area contributed by atoms with E-state index in [-0.39, 0.29) is 11.8 Å². The van der Waals surface area contributed by atoms with Gasteiger partial charge in [-0.3, -0.25) is 0 Å². The Labute approximate surface area is 114 Å². The number of hydrogen-bond donors (Lipinski definition) is 1. The highest BCUT2D eigenvalue weighted by atomic mass is 32.1. The van der Waals surface area contributed by atoms with Crippen molar-refractivity contribution in [2.24, 2.45) is 0 Å². The molecule has 0 aliphatic carbocycles. The Morgan fingerprint density at radius 3 is 3.21 bits per heavy atom. The first-order chi connectivity index (χ1) is 9.10. The van der Waals surface area contributed by atoms with Gasteiger partial charge in [-0.2, -0.15) is 0 Å². The molecule has 1 aliphatic heterocycles. The lowest BCUT2D eigenvalue weighted by molar-refractivity contribution is -0.147. The summed E-state index contributed by atoms with van der Waals surface area (Å²) >= 11 is 1.29. The van der Waals surface area contributed by atoms with E-state index in [1.54, 1.807) is 18.4 Å². The zero-order valence-corrected chi connectivity index (χ0v) is 11.2. The molecule has 0 saturated carbocycles. The van der Waals surface area contributed by atoms with E-state index in [0.29, 0.717) is 18.1 Å². The van der Waals surface area contributed by atoms with Crippen molar-refractivity contribution in [3.8, 4) is 0 Å². The fourth-order valence-electron chi connectivity index (χ4n) is 1.61. The van der Waals surface area contributed by atoms with Crippen LogP contribution in [-0.4, -0.2) is 35.7 Å². The molecule has 6 nitrogen and oxygen atoms in total. The number of rotatable bonds is 5. The molecule has 0 radical (unpaired) electrons. The lowest BCUT2D eigenvalue weighted by Gasteiger charge is -2.06. The van der Waals surface area contributed by atoms with E-state index in [0.717, 1.165) is 0 Å². The van der Waals surface area contributed by atoms with Crippen LogP contribution in [0, 0.1) is 0 Å². The van der Waals surface area contributed by atoms with Gasteiger partial charge in [0.05, 0.1) is 0 Å². The Morgan fingerprint density at radius 2 is 2.58 bits per heavy atom. The third-order valence-electron chi connectivity index (χ3n) is 2.49. The Bertz CT molecular complexity index is 500. The van der Waals surface area contributed by atoms with Crippen LogP contribution in [0.1, 0.15) is 23.8 Å². The first-order valence-corrected chi connectivity index (χ1v) is 6.70. The number of carbonyl (C=O) groups excluding carboxylic acids is 2. The van der Waals surface area contributed by atoms with Gasteiger partial charge in [-0.25, -0.2) is 14.6 Å². The van der Waals surface area contributed by atoms with E-state index in [1.165, 1.54) is 11.3 Å². The minimum absolute atomic E-state index is 0.184. The molecule has 1 aromatic rings. The van der Waals surface area contributed by atoms with Gasteiger partial charge in [0, 0.05) is 18.3 Å². The molecule has 2 heterocycles. The van der Waals surface area contributed by atoms with Crippen molar-refractivity contribution >= 4 is 28.4 Å². The lowest BCUT2D eigenvalue weighted by atomic mass is 10.2. The van der Waals surface area contributed by atoms with E-state index in [2.05, 4.69) is 16.9 Å². The SMILES string of the molecule is C=CCNc1nc(C(=O)O[C@H]2C[C@@H](C)OC2=O)cs1. The van der Waals surface area contributed by atoms with Gasteiger partial charge in [0.25, 0.3) is 0 Å². The third kappa shape index (κ3) is 3.31. The molecule has 1 saturated heterocycles. The Balaban J connectivity index is 1.94. The van der Waals surface area contributed by atoms with Gasteiger partial charge in [-0.1, -0.05) is 6.08 Å². The van der Waals surface area contributed by atoms with Crippen molar-refractivity contribution in [2.45, 2.75) is 25.6 Å². The number of esters is 2. The number of hydrogen-bond acceptors (Lipinski definition) is 7. The molecule has 0 aromatic carbocycles. The predicted molar refractivity (Wildman–Crippen MR) is 70.2 cm³/mol. The molecule has 0 unspecified atom stereocenters. The van der Waals surface area contributed by atoms with Crippen molar-refractivity contribution in [2.75, 3.05) is 11.9 Å². The molecule has 19 heavy (non-hydrogen) atoms. The minimum Gasteiger partial charge on any atom is -0.460 e. The van der Waals surface area contributed by atoms with Crippen LogP contribution in [0.5, 0.6) is 0 Å². The van der Waals surface area contributed by atoms with Crippen molar-refractivity contribution in [1.29, 1.82) is 0 Å². The summed E-state index contributed by atoms with van der Waals surface area (Å²) in [6.07, 6.45) is 1.03. The van der Waals surface area contributed by atoms with Gasteiger partial charge in [-0.05, 0) is 6.92 Å². The van der Waals surface area contributed by atoms with Crippen LogP contribution in [0.25, 0.3) is 0 Å². The summed E-state index contributed by atoms with van der Waals surface area (Å²) in [4.78, 5) is 27.2. The molecule has 102 valence electrons. The second kappa shape index (κ2) is 5.83. The average molecular weight is 282 g/mol. The fraction of sp³-hybridized carbons (Fsp3) is 0.417. The van der Waals surface area contributed by atoms with Crippen molar-refractivity contribution in [1.82, 2.24) is 4.98 Å². The predicted octanol–water partition coefficient (Wildman–Crippen LogP) is 1.60. The molecular weight excluding hydrogens is 268 g/mol. The molecule has 1 aromatic heterocycles. The van der Waals surface area contributed by atoms with Crippen LogP contribution < -0.4 is 5.32 Å². The van der Waals surface area contributed by atoms with Crippen molar-refractivity contribution in [3.05, 3.63) is 23.7 Å². The molecule has 0 bridgehead atoms. The fourth-order valence-corrected chi connectivity index (χ4v) is 2.30. The maximum Gasteiger partial charge on any atom is 0.358 e. The summed E-state index contributed by atoms with van der Waals surface area (Å²) in [6.45, 7) is 5.89. The minimum atomic E-state index is -0.825. The Morgan fingerprint density at radius 1 is 1.79 bits per heavy atom. The number of aromatic nitrogens is 1. The summed E-state index contributed by atoms with van der Waals surface area (Å²) in [6, 6.07) is 0. The topological polar surface area (TPSA) is 77.5 Å². The van der Waals surface area contributed by atoms with Gasteiger partial charge in [0.1, 0.15) is 6.10 Å². The smallest absolute Gasteiger partial charge is 0.358 e. The summed E-state index contributed by atoms with van der Waals surface area (Å²) < 4.78 is 9.99. The molecule has 0 spiro atoms. The monoisotopic (exact) mass is 282 g/mol. The molecule has 2 atom stereocenters. The second-order valence-corrected chi connectivity index (χ2v) is 4.94. The van der Waals surface area contributed by atoms with E-state index >= 15 is 0 Å². The van der Waals surface area contributed by atoms with E-state index in [9.17, 15) is 9.59 Å². The van der Waals surface area contributed by atoms with E-state index < -0.39 is 18.0 Å². The van der Waals surface area contributed by atoms with Gasteiger partial charge in [0.2, 0.25) is 6.10 Å². The number of anilines is 1. The van der Waals surface area contributed by atoms with Gasteiger partial charge in [-0.15, -0.1) is 17.9 Å². The summed E-state index contributed by atoms with van der Waals surface area (Å²) in [7, 11) is 0. The molecule has 1 fully saturated rings. The highest BCUT2D eigenvalue weighted by Crippen LogP contribution is 2.20. The molecule has 2 rings (SSSR count). The number of carbonyl (C=O) groups is 2. The molecule has 7 heteroatoms. The highest BCUT2D eigenvalue weighted by molar-refractivity contribution is 7.13. The normalized spacial score (nSPS) is 21.8. The molecule has 1 N–H and O–H groups in total. The third-order valence-corrected chi connectivity index (χ3v) is 3.29. The largest absolute Gasteiger partial charge is 0.460 e. The molecule has 0 amide bonds. The highest BCUT2D eigenvalue weighted by Gasteiger charge is 2.35. The van der Waals surface area contributed by atoms with Gasteiger partial charge < -0.3 is 14.8 Å². The average Bonchev–Trinajstić information content (AvgIpc) is 2.94. The van der Waals surface area contributed by atoms with Crippen LogP contribution >= 0.6 is 11.3 Å². The molecular formula is C12H14N2O4S. The zero-order valence-electron chi connectivity index (χ0n) is 10.4. The second-order valence-electron chi connectivity index (χ2n) is 4.08. The summed E-state index contributed by atoms with van der Waals surface area (Å²) in [5.74, 6) is -1.11. The standard InChI is InChI=1S/C12H14N2O4S/c1-3-4-13-12-14-8(6-19-12)10(15)18-9-5-7(2)17-11(9)16/h3,6-7,9H,1,4-5H2,2H3,(H,13,14)/t7-,9+/m1/s1. The number of nitrogens with one attached hydrogen (secondary N) is 1. The molecule has 1 aliphatic rings. The van der Waals surface area contributed by atoms with Crippen LogP contribution in [0.15, 0.2) is 18.0 Å². The number of cyclic esters (lactones) is 1. The quantitative estimate of drug-likeness (QED) is 0.653. The number of thiazole rings is 1. The number of nitrogens with zero attached hydrogens (tertiary/aromatic N) is 1. The van der Waals surface area contributed by atoms with Gasteiger partial charge in [0.15, 0.2) is 10.8 Å². The Kier molecular flexibility index (Phi) is 4.16. The van der Waals surface area contributed by atoms with Crippen LogP contribution in [0.2, 0.25) is 0 Å². The number of ether oxygens (including phenoxy) is 2. The van der Waals surface area contributed by atoms with E-state index in [4.69, 9.17) is 9.47 Å².